The maximum atomic E-state index is 2.43. The molecule has 0 nitrogen and oxygen atoms in total. The number of hydrogen-bond donors (Lipinski definition) is 0. The van der Waals surface area contributed by atoms with E-state index in [-0.39, 0.29) is 5.41 Å². The lowest BCUT2D eigenvalue weighted by molar-refractivity contribution is 0.794. The van der Waals surface area contributed by atoms with E-state index in [0.29, 0.717) is 0 Å². The molecule has 0 fully saturated rings. The second-order valence-corrected chi connectivity index (χ2v) is 8.51. The molecule has 0 atom stereocenters. The summed E-state index contributed by atoms with van der Waals surface area (Å²) in [5, 5.41) is 0. The first-order valence-corrected chi connectivity index (χ1v) is 10.9. The Labute approximate surface area is 182 Å². The van der Waals surface area contributed by atoms with Crippen molar-refractivity contribution in [2.45, 2.75) is 5.41 Å². The lowest BCUT2D eigenvalue weighted by atomic mass is 9.70. The van der Waals surface area contributed by atoms with Crippen LogP contribution in [0.2, 0.25) is 0 Å². The van der Waals surface area contributed by atoms with Gasteiger partial charge in [-0.2, -0.15) is 0 Å². The normalized spacial score (nSPS) is 14.1. The Kier molecular flexibility index (Phi) is 3.29. The molecule has 5 aromatic rings. The summed E-state index contributed by atoms with van der Waals surface area (Å²) < 4.78 is 0. The van der Waals surface area contributed by atoms with Gasteiger partial charge in [0.25, 0.3) is 0 Å². The van der Waals surface area contributed by atoms with Gasteiger partial charge in [0.05, 0.1) is 5.41 Å². The zero-order valence-electron chi connectivity index (χ0n) is 17.0. The summed E-state index contributed by atoms with van der Waals surface area (Å²) in [5.74, 6) is 0. The fourth-order valence-corrected chi connectivity index (χ4v) is 5.91. The Balaban J connectivity index is 1.64. The van der Waals surface area contributed by atoms with Crippen LogP contribution < -0.4 is 0 Å². The van der Waals surface area contributed by atoms with E-state index in [4.69, 9.17) is 0 Å². The second kappa shape index (κ2) is 6.06. The summed E-state index contributed by atoms with van der Waals surface area (Å²) in [6.45, 7) is 0. The molecule has 0 aliphatic heterocycles. The van der Waals surface area contributed by atoms with Gasteiger partial charge in [0.1, 0.15) is 0 Å². The molecule has 2 aliphatic carbocycles. The zero-order chi connectivity index (χ0) is 20.4. The molecule has 0 radical (unpaired) electrons. The van der Waals surface area contributed by atoms with Gasteiger partial charge in [0.2, 0.25) is 0 Å². The van der Waals surface area contributed by atoms with Gasteiger partial charge in [0, 0.05) is 0 Å². The molecule has 0 amide bonds. The van der Waals surface area contributed by atoms with E-state index < -0.39 is 0 Å². The predicted octanol–water partition coefficient (Wildman–Crippen LogP) is 7.70. The topological polar surface area (TPSA) is 0 Å². The van der Waals surface area contributed by atoms with Crippen LogP contribution >= 0.6 is 0 Å². The summed E-state index contributed by atoms with van der Waals surface area (Å²) in [5.41, 5.74) is 13.3. The van der Waals surface area contributed by atoms with Gasteiger partial charge >= 0.3 is 0 Å². The summed E-state index contributed by atoms with van der Waals surface area (Å²) in [6, 6.07) is 44.7. The molecule has 0 saturated carbocycles. The Morgan fingerprint density at radius 1 is 0.323 bits per heavy atom. The van der Waals surface area contributed by atoms with E-state index in [1.54, 1.807) is 0 Å². The van der Waals surface area contributed by atoms with Crippen molar-refractivity contribution >= 4 is 0 Å². The van der Waals surface area contributed by atoms with E-state index in [1.807, 2.05) is 0 Å². The molecule has 0 aromatic heterocycles. The van der Waals surface area contributed by atoms with Crippen LogP contribution in [0.4, 0.5) is 0 Å². The Hall–Kier alpha value is -3.90. The minimum Gasteiger partial charge on any atom is -0.0622 e. The molecule has 0 saturated heterocycles. The molecule has 31 heavy (non-hydrogen) atoms. The third kappa shape index (κ3) is 2.04. The molecule has 0 bridgehead atoms. The van der Waals surface area contributed by atoms with E-state index in [0.717, 1.165) is 0 Å². The lowest BCUT2D eigenvalue weighted by Gasteiger charge is -2.30. The average Bonchev–Trinajstić information content (AvgIpc) is 3.32. The highest BCUT2D eigenvalue weighted by atomic mass is 14.5. The number of rotatable bonds is 1. The third-order valence-corrected chi connectivity index (χ3v) is 7.10. The van der Waals surface area contributed by atoms with Crippen molar-refractivity contribution < 1.29 is 0 Å². The largest absolute Gasteiger partial charge is 0.0725 e. The maximum absolute atomic E-state index is 2.43. The third-order valence-electron chi connectivity index (χ3n) is 7.10. The van der Waals surface area contributed by atoms with E-state index in [9.17, 15) is 0 Å². The zero-order valence-corrected chi connectivity index (χ0v) is 17.0. The van der Waals surface area contributed by atoms with Crippen molar-refractivity contribution in [1.29, 1.82) is 0 Å². The second-order valence-electron chi connectivity index (χ2n) is 8.51. The minimum atomic E-state index is -0.260. The fraction of sp³-hybridized carbons (Fsp3) is 0.0323. The van der Waals surface area contributed by atoms with Gasteiger partial charge in [-0.1, -0.05) is 115 Å². The van der Waals surface area contributed by atoms with Crippen LogP contribution in [-0.4, -0.2) is 0 Å². The van der Waals surface area contributed by atoms with Crippen LogP contribution in [0, 0.1) is 0 Å². The number of hydrogen-bond acceptors (Lipinski definition) is 0. The standard InChI is InChI=1S/C31H20/c1-2-10-21(11-3-1)22-18-19-26-25-14-6-9-17-29(25)31(30(26)20-22)27-15-7-4-12-23(27)24-13-5-8-16-28(24)31/h1-20H. The Morgan fingerprint density at radius 2 is 0.774 bits per heavy atom. The van der Waals surface area contributed by atoms with Gasteiger partial charge in [0.15, 0.2) is 0 Å². The quantitative estimate of drug-likeness (QED) is 0.268. The summed E-state index contributed by atoms with van der Waals surface area (Å²) in [6.07, 6.45) is 0. The van der Waals surface area contributed by atoms with Crippen molar-refractivity contribution in [1.82, 2.24) is 0 Å². The Bertz CT molecular complexity index is 1410. The molecule has 5 aromatic carbocycles. The minimum absolute atomic E-state index is 0.260. The Morgan fingerprint density at radius 3 is 1.32 bits per heavy atom. The van der Waals surface area contributed by atoms with Crippen LogP contribution in [0.5, 0.6) is 0 Å². The summed E-state index contributed by atoms with van der Waals surface area (Å²) >= 11 is 0. The van der Waals surface area contributed by atoms with Gasteiger partial charge in [-0.05, 0) is 61.7 Å². The fourth-order valence-electron chi connectivity index (χ4n) is 5.91. The first-order valence-electron chi connectivity index (χ1n) is 10.9. The van der Waals surface area contributed by atoms with Crippen LogP contribution in [0.1, 0.15) is 22.3 Å². The maximum Gasteiger partial charge on any atom is 0.0725 e. The lowest BCUT2D eigenvalue weighted by Crippen LogP contribution is -2.25. The summed E-state index contributed by atoms with van der Waals surface area (Å²) in [7, 11) is 0. The van der Waals surface area contributed by atoms with E-state index in [1.165, 1.54) is 55.6 Å². The molecule has 1 spiro atoms. The van der Waals surface area contributed by atoms with E-state index in [2.05, 4.69) is 121 Å². The molecular formula is C31H20. The molecule has 7 rings (SSSR count). The molecule has 144 valence electrons. The number of fused-ring (bicyclic) bond motifs is 10. The van der Waals surface area contributed by atoms with Gasteiger partial charge in [-0.25, -0.2) is 0 Å². The van der Waals surface area contributed by atoms with Crippen molar-refractivity contribution in [3.63, 3.8) is 0 Å². The van der Waals surface area contributed by atoms with Crippen LogP contribution in [-0.2, 0) is 5.41 Å². The first kappa shape index (κ1) is 16.8. The molecule has 0 heteroatoms. The molecule has 0 N–H and O–H groups in total. The predicted molar refractivity (Wildman–Crippen MR) is 128 cm³/mol. The monoisotopic (exact) mass is 392 g/mol. The highest BCUT2D eigenvalue weighted by Gasteiger charge is 2.51. The van der Waals surface area contributed by atoms with Crippen molar-refractivity contribution in [3.05, 3.63) is 144 Å². The summed E-state index contributed by atoms with van der Waals surface area (Å²) in [4.78, 5) is 0. The molecular weight excluding hydrogens is 372 g/mol. The first-order chi connectivity index (χ1) is 15.4. The molecule has 0 heterocycles. The van der Waals surface area contributed by atoms with Crippen molar-refractivity contribution in [2.75, 3.05) is 0 Å². The average molecular weight is 393 g/mol. The highest BCUT2D eigenvalue weighted by Crippen LogP contribution is 2.62. The molecule has 0 unspecified atom stereocenters. The van der Waals surface area contributed by atoms with Gasteiger partial charge < -0.3 is 0 Å². The van der Waals surface area contributed by atoms with Gasteiger partial charge in [-0.3, -0.25) is 0 Å². The van der Waals surface area contributed by atoms with Crippen molar-refractivity contribution in [2.24, 2.45) is 0 Å². The highest BCUT2D eigenvalue weighted by molar-refractivity contribution is 5.95. The van der Waals surface area contributed by atoms with Crippen molar-refractivity contribution in [3.8, 4) is 33.4 Å². The molecule has 2 aliphatic rings. The van der Waals surface area contributed by atoms with E-state index >= 15 is 0 Å². The van der Waals surface area contributed by atoms with Crippen LogP contribution in [0.25, 0.3) is 33.4 Å². The van der Waals surface area contributed by atoms with Crippen LogP contribution in [0.15, 0.2) is 121 Å². The van der Waals surface area contributed by atoms with Crippen LogP contribution in [0.3, 0.4) is 0 Å². The smallest absolute Gasteiger partial charge is 0.0622 e. The van der Waals surface area contributed by atoms with Gasteiger partial charge in [-0.15, -0.1) is 0 Å². The number of benzene rings is 5. The SMILES string of the molecule is c1ccc(-c2ccc3c(c2)C2(c4ccccc4-c4ccccc42)c2ccccc2-3)cc1.